The van der Waals surface area contributed by atoms with Gasteiger partial charge in [-0.1, -0.05) is 458 Å². The summed E-state index contributed by atoms with van der Waals surface area (Å²) in [6.45, 7) is 12.9. The van der Waals surface area contributed by atoms with Crippen LogP contribution in [0, 0.1) is 41.5 Å². The minimum absolute atomic E-state index is 0.0746. The molecule has 0 amide bonds. The SMILES string of the molecule is Cc1cc(C)cc(-c2ccc(-c3ccc(-c4ccc(-c5cc(C)cc(C)c5)cc4)cc3)cc2)c1.Cc1ccc(-c2ccc(-c3ccc(-c4ccc(C)cc4)cc3)cc2)cc1.Nc1ccc(-c2ccc(-c3ccc(-c4ccc(N)cc4)cc3)cc2)cc1.O=C(O)c1ccc(-c2ccc(-c3ccc(-c4ccc(C(=O)O)cc4)cc3)cc2)cc1.O=S(=O)(O)c1ccc(-c2ccc(-c3ccc(-c4ccc(S(O)(O)O)cc4)cc3)cc2)cc1. The summed E-state index contributed by atoms with van der Waals surface area (Å²) in [7, 11) is -7.92. The Balaban J connectivity index is 0.000000127. The van der Waals surface area contributed by atoms with Gasteiger partial charge < -0.3 is 35.3 Å². The molecule has 0 saturated carbocycles. The monoisotopic (exact) mass is 1970 g/mol. The predicted octanol–water partition coefficient (Wildman–Crippen LogP) is 35.3. The van der Waals surface area contributed by atoms with Gasteiger partial charge in [0.1, 0.15) is 10.9 Å². The van der Waals surface area contributed by atoms with Crippen LogP contribution in [0.4, 0.5) is 11.4 Å². The molecule has 10 N–H and O–H groups in total. The summed E-state index contributed by atoms with van der Waals surface area (Å²) in [6.07, 6.45) is 0. The molecule has 21 rings (SSSR count). The zero-order valence-corrected chi connectivity index (χ0v) is 84.3. The van der Waals surface area contributed by atoms with Crippen LogP contribution in [0.2, 0.25) is 0 Å². The van der Waals surface area contributed by atoms with E-state index in [2.05, 4.69) is 296 Å². The van der Waals surface area contributed by atoms with Crippen LogP contribution in [0.25, 0.3) is 178 Å². The molecule has 728 valence electrons. The van der Waals surface area contributed by atoms with E-state index in [1.54, 1.807) is 48.5 Å². The molecule has 0 aliphatic heterocycles. The van der Waals surface area contributed by atoms with Crippen LogP contribution >= 0.6 is 10.9 Å². The minimum Gasteiger partial charge on any atom is -0.478 e. The second-order valence-electron chi connectivity index (χ2n) is 36.9. The van der Waals surface area contributed by atoms with E-state index in [-0.39, 0.29) is 20.9 Å². The lowest BCUT2D eigenvalue weighted by atomic mass is 9.95. The first-order chi connectivity index (χ1) is 71.4. The number of carbonyl (C=O) groups is 2. The molecule has 148 heavy (non-hydrogen) atoms. The van der Waals surface area contributed by atoms with Gasteiger partial charge in [-0.15, -0.1) is 0 Å². The summed E-state index contributed by atoms with van der Waals surface area (Å²) in [5.74, 6) is -1.86. The van der Waals surface area contributed by atoms with Crippen LogP contribution < -0.4 is 11.5 Å². The van der Waals surface area contributed by atoms with Crippen LogP contribution in [0.5, 0.6) is 0 Å². The van der Waals surface area contributed by atoms with Crippen LogP contribution in [-0.4, -0.2) is 48.8 Å². The standard InChI is InChI=1S/C34H30.C26H18O4.C26H22.C24H20N2.C24H20O6S2/c1-23-17-24(2)20-33(19-23)31-13-9-29(10-14-31)27-5-7-28(8-6-27)30-11-15-32(16-12-30)34-21-25(3)18-26(4)22-34;27-25(28)23-13-9-21(10-14-23)19-5-1-17(2-6-19)18-3-7-20(8-4-18)22-11-15-24(16-12-22)26(29)30;1-19-3-7-21(8-4-19)23-11-15-25(16-12-23)26-17-13-24(14-18-26)22-9-5-20(2)6-10-22;25-23-13-9-21(10-14-23)19-5-1-17(2-6-19)18-3-7-20(8-4-18)22-11-15-24(26)16-12-22;25-31(26,27)23-13-9-21(10-14-23)19-5-1-17(2-6-19)18-3-7-20(8-4-18)22-11-15-24(16-12-22)32(28,29)30/h5-22H,1-4H3;1-16H,(H,27,28)(H,29,30);3-18H,1-2H3;1-16H,25-26H2;1-16,25-27H,(H,28,29,30). The van der Waals surface area contributed by atoms with Gasteiger partial charge in [0.25, 0.3) is 10.1 Å². The topological polar surface area (TPSA) is 242 Å². The number of rotatable bonds is 20. The third kappa shape index (κ3) is 26.5. The molecule has 0 unspecified atom stereocenters. The summed E-state index contributed by atoms with van der Waals surface area (Å²) >= 11 is 0. The van der Waals surface area contributed by atoms with Crippen molar-refractivity contribution in [1.82, 2.24) is 0 Å². The highest BCUT2D eigenvalue weighted by molar-refractivity contribution is 8.19. The first-order valence-corrected chi connectivity index (χ1v) is 51.4. The lowest BCUT2D eigenvalue weighted by Gasteiger charge is -2.19. The molecule has 0 fully saturated rings. The molecular weight excluding hydrogens is 1860 g/mol. The molecule has 14 heteroatoms. The fraction of sp³-hybridized carbons (Fsp3) is 0.0448. The number of aromatic carboxylic acids is 2. The molecule has 21 aromatic rings. The van der Waals surface area contributed by atoms with Gasteiger partial charge in [-0.25, -0.2) is 9.59 Å². The average molecular weight is 1970 g/mol. The predicted molar refractivity (Wildman–Crippen MR) is 614 cm³/mol. The third-order valence-electron chi connectivity index (χ3n) is 26.0. The van der Waals surface area contributed by atoms with Crippen molar-refractivity contribution in [3.8, 4) is 178 Å². The summed E-state index contributed by atoms with van der Waals surface area (Å²) in [5.41, 5.74) is 57.8. The normalized spacial score (nSPS) is 11.1. The Labute approximate surface area is 867 Å². The van der Waals surface area contributed by atoms with Gasteiger partial charge in [-0.05, 0) is 292 Å². The lowest BCUT2D eigenvalue weighted by Crippen LogP contribution is -1.97. The van der Waals surface area contributed by atoms with E-state index in [0.717, 1.165) is 78.1 Å². The van der Waals surface area contributed by atoms with E-state index < -0.39 is 32.9 Å². The molecule has 0 bridgehead atoms. The molecule has 0 atom stereocenters. The maximum Gasteiger partial charge on any atom is 0.335 e. The first-order valence-electron chi connectivity index (χ1n) is 48.5. The summed E-state index contributed by atoms with van der Waals surface area (Å²) in [5, 5.41) is 18.0. The second kappa shape index (κ2) is 46.3. The third-order valence-corrected chi connectivity index (χ3v) is 27.8. The number of carboxylic acids is 2. The van der Waals surface area contributed by atoms with E-state index in [1.165, 1.54) is 169 Å². The van der Waals surface area contributed by atoms with Crippen LogP contribution in [0.3, 0.4) is 0 Å². The van der Waals surface area contributed by atoms with Crippen molar-refractivity contribution in [3.05, 3.63) is 542 Å². The van der Waals surface area contributed by atoms with Crippen LogP contribution in [0.15, 0.2) is 507 Å². The molecule has 0 radical (unpaired) electrons. The number of anilines is 2. The highest BCUT2D eigenvalue weighted by atomic mass is 32.3. The second-order valence-corrected chi connectivity index (χ2v) is 39.8. The van der Waals surface area contributed by atoms with Gasteiger partial charge in [0.2, 0.25) is 0 Å². The van der Waals surface area contributed by atoms with Crippen molar-refractivity contribution in [1.29, 1.82) is 0 Å². The fourth-order valence-corrected chi connectivity index (χ4v) is 18.8. The van der Waals surface area contributed by atoms with Crippen molar-refractivity contribution in [2.45, 2.75) is 51.3 Å². The molecule has 12 nitrogen and oxygen atoms in total. The summed E-state index contributed by atoms with van der Waals surface area (Å²) in [4.78, 5) is 21.9. The number of hydrogen-bond donors (Lipinski definition) is 8. The summed E-state index contributed by atoms with van der Waals surface area (Å²) < 4.78 is 59.4. The lowest BCUT2D eigenvalue weighted by molar-refractivity contribution is 0.0686. The van der Waals surface area contributed by atoms with E-state index >= 15 is 0 Å². The molecule has 21 aromatic carbocycles. The van der Waals surface area contributed by atoms with Gasteiger partial charge in [0, 0.05) is 11.4 Å². The van der Waals surface area contributed by atoms with Crippen molar-refractivity contribution in [3.63, 3.8) is 0 Å². The zero-order valence-electron chi connectivity index (χ0n) is 82.6. The molecule has 0 heterocycles. The van der Waals surface area contributed by atoms with Crippen molar-refractivity contribution >= 4 is 44.3 Å². The van der Waals surface area contributed by atoms with Gasteiger partial charge >= 0.3 is 11.9 Å². The van der Waals surface area contributed by atoms with Crippen molar-refractivity contribution in [2.24, 2.45) is 0 Å². The smallest absolute Gasteiger partial charge is 0.335 e. The molecule has 0 aromatic heterocycles. The number of nitrogen functional groups attached to an aromatic ring is 2. The number of benzene rings is 21. The Morgan fingerprint density at radius 2 is 0.284 bits per heavy atom. The minimum atomic E-state index is -4.21. The number of hydrogen-bond acceptors (Lipinski definition) is 9. The Kier molecular flexibility index (Phi) is 31.9. The number of aryl methyl sites for hydroxylation is 6. The maximum absolute atomic E-state index is 11.2. The molecule has 0 aliphatic carbocycles. The highest BCUT2D eigenvalue weighted by Crippen LogP contribution is 2.45. The van der Waals surface area contributed by atoms with Gasteiger partial charge in [0.15, 0.2) is 0 Å². The molecule has 0 spiro atoms. The molecular formula is C134H110N2O10S2. The highest BCUT2D eigenvalue weighted by Gasteiger charge is 2.18. The summed E-state index contributed by atoms with van der Waals surface area (Å²) in [6, 6.07) is 166. The average Bonchev–Trinajstić information content (AvgIpc) is 0.813. The maximum atomic E-state index is 11.2. The Morgan fingerprint density at radius 1 is 0.162 bits per heavy atom. The van der Waals surface area contributed by atoms with Crippen LogP contribution in [0.1, 0.15) is 54.1 Å². The zero-order chi connectivity index (χ0) is 104. The Morgan fingerprint density at radius 3 is 0.426 bits per heavy atom. The Hall–Kier alpha value is -17.7. The van der Waals surface area contributed by atoms with Crippen molar-refractivity contribution in [2.75, 3.05) is 11.5 Å². The van der Waals surface area contributed by atoms with E-state index in [0.29, 0.717) is 0 Å². The quantitative estimate of drug-likeness (QED) is 0.0263. The largest absolute Gasteiger partial charge is 0.478 e. The fourth-order valence-electron chi connectivity index (χ4n) is 17.8. The Bertz CT molecular complexity index is 7650. The first kappa shape index (κ1) is 102. The van der Waals surface area contributed by atoms with E-state index in [4.69, 9.17) is 26.2 Å². The molecule has 0 aliphatic rings. The number of nitrogens with two attached hydrogens (primary N) is 2. The number of carboxylic acid groups (broad SMARTS) is 2. The molecule has 0 saturated heterocycles. The van der Waals surface area contributed by atoms with Gasteiger partial charge in [0.05, 0.1) is 20.9 Å². The van der Waals surface area contributed by atoms with E-state index in [1.807, 2.05) is 170 Å². The van der Waals surface area contributed by atoms with E-state index in [9.17, 15) is 31.7 Å². The van der Waals surface area contributed by atoms with Crippen molar-refractivity contribution < 1.29 is 46.4 Å². The van der Waals surface area contributed by atoms with Gasteiger partial charge in [-0.3, -0.25) is 4.55 Å². The van der Waals surface area contributed by atoms with Gasteiger partial charge in [-0.2, -0.15) is 8.42 Å². The van der Waals surface area contributed by atoms with Crippen LogP contribution in [-0.2, 0) is 10.1 Å².